The summed E-state index contributed by atoms with van der Waals surface area (Å²) in [5.41, 5.74) is -0.627. The highest BCUT2D eigenvalue weighted by Gasteiger charge is 2.21. The van der Waals surface area contributed by atoms with Crippen molar-refractivity contribution >= 4 is 39.1 Å². The van der Waals surface area contributed by atoms with Crippen LogP contribution in [0.15, 0.2) is 39.2 Å². The Balaban J connectivity index is 1.81. The summed E-state index contributed by atoms with van der Waals surface area (Å²) in [4.78, 5) is 38.4. The van der Waals surface area contributed by atoms with Crippen molar-refractivity contribution in [3.63, 3.8) is 0 Å². The van der Waals surface area contributed by atoms with Crippen molar-refractivity contribution in [2.45, 2.75) is 38.3 Å². The molecule has 0 saturated heterocycles. The van der Waals surface area contributed by atoms with Gasteiger partial charge in [0.15, 0.2) is 0 Å². The Kier molecular flexibility index (Phi) is 5.07. The van der Waals surface area contributed by atoms with E-state index >= 15 is 0 Å². The van der Waals surface area contributed by atoms with Gasteiger partial charge in [0.1, 0.15) is 17.1 Å². The zero-order valence-corrected chi connectivity index (χ0v) is 16.4. The molecule has 0 radical (unpaired) electrons. The van der Waals surface area contributed by atoms with Crippen LogP contribution in [0.4, 0.5) is 4.39 Å². The van der Waals surface area contributed by atoms with Crippen LogP contribution in [0.5, 0.6) is 0 Å². The van der Waals surface area contributed by atoms with E-state index < -0.39 is 17.1 Å². The zero-order chi connectivity index (χ0) is 19.8. The molecule has 6 nitrogen and oxygen atoms in total. The lowest BCUT2D eigenvalue weighted by Crippen LogP contribution is -2.42. The third-order valence-electron chi connectivity index (χ3n) is 4.94. The Labute approximate surface area is 168 Å². The molecule has 0 aliphatic heterocycles. The smallest absolute Gasteiger partial charge is 0.336 e. The van der Waals surface area contributed by atoms with Crippen molar-refractivity contribution in [1.82, 2.24) is 14.5 Å². The average Bonchev–Trinajstić information content (AvgIpc) is 3.33. The second-order valence-electron chi connectivity index (χ2n) is 6.79. The summed E-state index contributed by atoms with van der Waals surface area (Å²) in [5, 5.41) is 4.45. The summed E-state index contributed by atoms with van der Waals surface area (Å²) >= 11 is 7.01. The number of thiophene rings is 1. The number of aromatic nitrogens is 2. The molecule has 1 aliphatic carbocycles. The van der Waals surface area contributed by atoms with Crippen LogP contribution in [-0.2, 0) is 11.3 Å². The fourth-order valence-electron chi connectivity index (χ4n) is 3.58. The van der Waals surface area contributed by atoms with Crippen molar-refractivity contribution in [3.05, 3.63) is 61.3 Å². The van der Waals surface area contributed by atoms with E-state index in [1.807, 2.05) is 0 Å². The molecule has 146 valence electrons. The van der Waals surface area contributed by atoms with Crippen molar-refractivity contribution in [2.75, 3.05) is 0 Å². The van der Waals surface area contributed by atoms with Crippen LogP contribution in [0.25, 0.3) is 15.9 Å². The Bertz CT molecular complexity index is 1180. The number of amides is 1. The number of rotatable bonds is 4. The third-order valence-corrected chi connectivity index (χ3v) is 6.12. The van der Waals surface area contributed by atoms with E-state index in [0.29, 0.717) is 10.2 Å². The van der Waals surface area contributed by atoms with E-state index in [1.54, 1.807) is 11.4 Å². The second kappa shape index (κ2) is 7.52. The minimum Gasteiger partial charge on any atom is -0.352 e. The van der Waals surface area contributed by atoms with Gasteiger partial charge in [-0.3, -0.25) is 14.2 Å². The van der Waals surface area contributed by atoms with Crippen LogP contribution in [0.1, 0.15) is 25.7 Å². The minimum atomic E-state index is -0.667. The van der Waals surface area contributed by atoms with E-state index in [-0.39, 0.29) is 29.2 Å². The van der Waals surface area contributed by atoms with Gasteiger partial charge in [0.2, 0.25) is 5.91 Å². The van der Waals surface area contributed by atoms with Gasteiger partial charge >= 0.3 is 5.69 Å². The van der Waals surface area contributed by atoms with Gasteiger partial charge in [-0.2, -0.15) is 0 Å². The van der Waals surface area contributed by atoms with Crippen LogP contribution in [0.3, 0.4) is 0 Å². The fraction of sp³-hybridized carbons (Fsp3) is 0.316. The van der Waals surface area contributed by atoms with Crippen LogP contribution >= 0.6 is 22.9 Å². The standard InChI is InChI=1S/C19H17ClFN3O3S/c20-13-9-12(5-6-14(13)21)24-18(26)17-15(7-8-28-17)23(19(24)27)10-16(25)22-11-3-1-2-4-11/h5-9,11H,1-4,10H2,(H,22,25). The molecule has 9 heteroatoms. The molecular formula is C19H17ClFN3O3S. The first-order chi connectivity index (χ1) is 13.5. The normalized spacial score (nSPS) is 14.6. The van der Waals surface area contributed by atoms with Gasteiger partial charge in [0.25, 0.3) is 5.56 Å². The molecule has 1 N–H and O–H groups in total. The summed E-state index contributed by atoms with van der Waals surface area (Å²) < 4.78 is 16.0. The molecule has 1 aliphatic rings. The molecule has 0 atom stereocenters. The SMILES string of the molecule is O=C(Cn1c(=O)n(-c2ccc(F)c(Cl)c2)c(=O)c2sccc21)NC1CCCC1. The monoisotopic (exact) mass is 421 g/mol. The molecule has 28 heavy (non-hydrogen) atoms. The lowest BCUT2D eigenvalue weighted by atomic mass is 10.2. The van der Waals surface area contributed by atoms with Crippen LogP contribution < -0.4 is 16.6 Å². The lowest BCUT2D eigenvalue weighted by Gasteiger charge is -2.15. The molecular weight excluding hydrogens is 405 g/mol. The van der Waals surface area contributed by atoms with Crippen molar-refractivity contribution in [3.8, 4) is 5.69 Å². The lowest BCUT2D eigenvalue weighted by molar-refractivity contribution is -0.122. The number of halogens is 2. The van der Waals surface area contributed by atoms with Gasteiger partial charge in [-0.05, 0) is 42.5 Å². The third kappa shape index (κ3) is 3.38. The number of hydrogen-bond donors (Lipinski definition) is 1. The van der Waals surface area contributed by atoms with E-state index in [4.69, 9.17) is 11.6 Å². The van der Waals surface area contributed by atoms with Crippen LogP contribution in [0, 0.1) is 5.82 Å². The number of hydrogen-bond acceptors (Lipinski definition) is 4. The van der Waals surface area contributed by atoms with E-state index in [9.17, 15) is 18.8 Å². The van der Waals surface area contributed by atoms with Gasteiger partial charge in [0.05, 0.1) is 16.2 Å². The maximum absolute atomic E-state index is 13.5. The Morgan fingerprint density at radius 2 is 2.00 bits per heavy atom. The number of nitrogens with one attached hydrogen (secondary N) is 1. The van der Waals surface area contributed by atoms with Crippen molar-refractivity contribution in [2.24, 2.45) is 0 Å². The van der Waals surface area contributed by atoms with Gasteiger partial charge in [-0.1, -0.05) is 24.4 Å². The molecule has 0 bridgehead atoms. The maximum Gasteiger partial charge on any atom is 0.336 e. The number of carbonyl (C=O) groups is 1. The molecule has 4 rings (SSSR count). The summed E-state index contributed by atoms with van der Waals surface area (Å²) in [5.74, 6) is -0.921. The first-order valence-corrected chi connectivity index (χ1v) is 10.2. The molecule has 0 unspecified atom stereocenters. The second-order valence-corrected chi connectivity index (χ2v) is 8.11. The molecule has 1 amide bonds. The number of benzene rings is 1. The summed E-state index contributed by atoms with van der Waals surface area (Å²) in [7, 11) is 0. The molecule has 2 aromatic heterocycles. The molecule has 3 aromatic rings. The van der Waals surface area contributed by atoms with E-state index in [2.05, 4.69) is 5.32 Å². The van der Waals surface area contributed by atoms with E-state index in [1.165, 1.54) is 28.0 Å². The highest BCUT2D eigenvalue weighted by atomic mass is 35.5. The summed E-state index contributed by atoms with van der Waals surface area (Å²) in [6.07, 6.45) is 4.02. The fourth-order valence-corrected chi connectivity index (χ4v) is 4.58. The number of nitrogens with zero attached hydrogens (tertiary/aromatic N) is 2. The van der Waals surface area contributed by atoms with Crippen molar-refractivity contribution < 1.29 is 9.18 Å². The average molecular weight is 422 g/mol. The van der Waals surface area contributed by atoms with Gasteiger partial charge < -0.3 is 5.32 Å². The van der Waals surface area contributed by atoms with Crippen LogP contribution in [-0.4, -0.2) is 21.1 Å². The topological polar surface area (TPSA) is 73.1 Å². The van der Waals surface area contributed by atoms with Gasteiger partial charge in [-0.15, -0.1) is 11.3 Å². The largest absolute Gasteiger partial charge is 0.352 e. The predicted molar refractivity (Wildman–Crippen MR) is 107 cm³/mol. The predicted octanol–water partition coefficient (Wildman–Crippen LogP) is 3.07. The Hall–Kier alpha value is -2.45. The molecule has 0 spiro atoms. The first kappa shape index (κ1) is 18.9. The maximum atomic E-state index is 13.5. The summed E-state index contributed by atoms with van der Waals surface area (Å²) in [6.45, 7) is -0.197. The van der Waals surface area contributed by atoms with Crippen molar-refractivity contribution in [1.29, 1.82) is 0 Å². The van der Waals surface area contributed by atoms with Gasteiger partial charge in [-0.25, -0.2) is 13.8 Å². The van der Waals surface area contributed by atoms with E-state index in [0.717, 1.165) is 36.3 Å². The quantitative estimate of drug-likeness (QED) is 0.703. The Morgan fingerprint density at radius 1 is 1.25 bits per heavy atom. The highest BCUT2D eigenvalue weighted by Crippen LogP contribution is 2.20. The molecule has 1 saturated carbocycles. The molecule has 2 heterocycles. The first-order valence-electron chi connectivity index (χ1n) is 8.93. The molecule has 1 aromatic carbocycles. The number of carbonyl (C=O) groups excluding carboxylic acids is 1. The minimum absolute atomic E-state index is 0.128. The Morgan fingerprint density at radius 3 is 2.71 bits per heavy atom. The van der Waals surface area contributed by atoms with Crippen LogP contribution in [0.2, 0.25) is 5.02 Å². The zero-order valence-electron chi connectivity index (χ0n) is 14.8. The number of fused-ring (bicyclic) bond motifs is 1. The molecule has 1 fully saturated rings. The highest BCUT2D eigenvalue weighted by molar-refractivity contribution is 7.17. The summed E-state index contributed by atoms with van der Waals surface area (Å²) in [6, 6.07) is 5.41. The van der Waals surface area contributed by atoms with Gasteiger partial charge in [0, 0.05) is 6.04 Å².